The molecule has 3 N–H and O–H groups in total. The lowest BCUT2D eigenvalue weighted by molar-refractivity contribution is 0.00967. The molecule has 0 aliphatic heterocycles. The van der Waals surface area contributed by atoms with Gasteiger partial charge in [0.15, 0.2) is 0 Å². The van der Waals surface area contributed by atoms with Crippen LogP contribution in [-0.4, -0.2) is 15.7 Å². The zero-order valence-corrected chi connectivity index (χ0v) is 9.11. The molecule has 2 atom stereocenters. The van der Waals surface area contributed by atoms with Crippen LogP contribution in [0.3, 0.4) is 0 Å². The van der Waals surface area contributed by atoms with Crippen LogP contribution < -0.4 is 5.73 Å². The zero-order valence-electron chi connectivity index (χ0n) is 9.11. The van der Waals surface area contributed by atoms with E-state index in [1.165, 1.54) is 0 Å². The highest BCUT2D eigenvalue weighted by molar-refractivity contribution is 5.45. The van der Waals surface area contributed by atoms with Gasteiger partial charge in [0.1, 0.15) is 0 Å². The molecule has 1 aromatic rings. The van der Waals surface area contributed by atoms with Crippen molar-refractivity contribution in [1.29, 1.82) is 0 Å². The molecule has 1 aliphatic carbocycles. The van der Waals surface area contributed by atoms with Gasteiger partial charge in [-0.25, -0.2) is 0 Å². The Bertz CT molecular complexity index is 353. The highest BCUT2D eigenvalue weighted by Crippen LogP contribution is 2.38. The molecule has 1 aromatic heterocycles. The second kappa shape index (κ2) is 3.81. The van der Waals surface area contributed by atoms with Gasteiger partial charge in [-0.1, -0.05) is 13.3 Å². The molecular weight excluding hydrogens is 188 g/mol. The van der Waals surface area contributed by atoms with Crippen molar-refractivity contribution in [1.82, 2.24) is 4.98 Å². The number of anilines is 1. The number of pyridine rings is 1. The first kappa shape index (κ1) is 10.4. The Morgan fingerprint density at radius 3 is 3.07 bits per heavy atom. The zero-order chi connectivity index (χ0) is 10.9. The average Bonchev–Trinajstić information content (AvgIpc) is 2.51. The third kappa shape index (κ3) is 1.97. The minimum atomic E-state index is -0.572. The molecule has 0 spiro atoms. The van der Waals surface area contributed by atoms with Crippen molar-refractivity contribution in [3.8, 4) is 0 Å². The maximum absolute atomic E-state index is 10.5. The molecule has 0 amide bonds. The fourth-order valence-corrected chi connectivity index (χ4v) is 2.41. The second-order valence-corrected chi connectivity index (χ2v) is 4.65. The quantitative estimate of drug-likeness (QED) is 0.775. The van der Waals surface area contributed by atoms with E-state index in [9.17, 15) is 5.11 Å². The van der Waals surface area contributed by atoms with Gasteiger partial charge < -0.3 is 10.8 Å². The van der Waals surface area contributed by atoms with Crippen LogP contribution >= 0.6 is 0 Å². The Kier molecular flexibility index (Phi) is 2.65. The Hall–Kier alpha value is -1.09. The largest absolute Gasteiger partial charge is 0.398 e. The molecular formula is C12H18N2O. The molecule has 1 aliphatic rings. The number of hydrogen-bond acceptors (Lipinski definition) is 3. The Morgan fingerprint density at radius 2 is 2.47 bits per heavy atom. The van der Waals surface area contributed by atoms with Gasteiger partial charge in [0.2, 0.25) is 0 Å². The summed E-state index contributed by atoms with van der Waals surface area (Å²) in [6.45, 7) is 2.11. The lowest BCUT2D eigenvalue weighted by atomic mass is 9.86. The monoisotopic (exact) mass is 206 g/mol. The van der Waals surface area contributed by atoms with Crippen molar-refractivity contribution < 1.29 is 5.11 Å². The van der Waals surface area contributed by atoms with Crippen molar-refractivity contribution in [3.63, 3.8) is 0 Å². The first-order valence-corrected chi connectivity index (χ1v) is 5.52. The van der Waals surface area contributed by atoms with Crippen molar-refractivity contribution in [3.05, 3.63) is 24.0 Å². The molecule has 15 heavy (non-hydrogen) atoms. The predicted octanol–water partition coefficient (Wildman–Crippen LogP) is 1.76. The van der Waals surface area contributed by atoms with Crippen LogP contribution in [0.15, 0.2) is 18.5 Å². The maximum atomic E-state index is 10.5. The molecule has 1 saturated carbocycles. The van der Waals surface area contributed by atoms with Gasteiger partial charge in [-0.15, -0.1) is 0 Å². The Labute approximate surface area is 90.3 Å². The molecule has 0 saturated heterocycles. The van der Waals surface area contributed by atoms with Crippen LogP contribution in [0.1, 0.15) is 31.7 Å². The van der Waals surface area contributed by atoms with Crippen LogP contribution in [-0.2, 0) is 6.42 Å². The third-order valence-electron chi connectivity index (χ3n) is 3.60. The molecule has 2 rings (SSSR count). The molecule has 0 bridgehead atoms. The first-order valence-electron chi connectivity index (χ1n) is 5.52. The summed E-state index contributed by atoms with van der Waals surface area (Å²) in [7, 11) is 0. The van der Waals surface area contributed by atoms with Gasteiger partial charge in [-0.05, 0) is 30.4 Å². The molecule has 3 nitrogen and oxygen atoms in total. The minimum Gasteiger partial charge on any atom is -0.398 e. The van der Waals surface area contributed by atoms with E-state index in [2.05, 4.69) is 11.9 Å². The van der Waals surface area contributed by atoms with Crippen LogP contribution in [0.5, 0.6) is 0 Å². The lowest BCUT2D eigenvalue weighted by Gasteiger charge is -2.28. The first-order chi connectivity index (χ1) is 7.12. The maximum Gasteiger partial charge on any atom is 0.0714 e. The van der Waals surface area contributed by atoms with Crippen molar-refractivity contribution >= 4 is 5.69 Å². The highest BCUT2D eigenvalue weighted by atomic mass is 16.3. The molecule has 3 heteroatoms. The van der Waals surface area contributed by atoms with Crippen LogP contribution in [0.25, 0.3) is 0 Å². The van der Waals surface area contributed by atoms with E-state index in [1.807, 2.05) is 0 Å². The van der Waals surface area contributed by atoms with Crippen molar-refractivity contribution in [2.75, 3.05) is 5.73 Å². The van der Waals surface area contributed by atoms with E-state index in [1.54, 1.807) is 18.5 Å². The van der Waals surface area contributed by atoms with Gasteiger partial charge in [0, 0.05) is 24.5 Å². The van der Waals surface area contributed by atoms with Crippen molar-refractivity contribution in [2.45, 2.75) is 38.2 Å². The van der Waals surface area contributed by atoms with Gasteiger partial charge in [-0.3, -0.25) is 4.98 Å². The number of aromatic nitrogens is 1. The topological polar surface area (TPSA) is 59.1 Å². The Morgan fingerprint density at radius 1 is 1.67 bits per heavy atom. The Balaban J connectivity index is 2.18. The summed E-state index contributed by atoms with van der Waals surface area (Å²) in [4.78, 5) is 4.05. The number of nitrogen functional groups attached to an aromatic ring is 1. The predicted molar refractivity (Wildman–Crippen MR) is 60.3 cm³/mol. The van der Waals surface area contributed by atoms with E-state index in [-0.39, 0.29) is 0 Å². The molecule has 0 aromatic carbocycles. The summed E-state index contributed by atoms with van der Waals surface area (Å²) in [5, 5.41) is 10.5. The summed E-state index contributed by atoms with van der Waals surface area (Å²) in [6, 6.07) is 1.79. The van der Waals surface area contributed by atoms with Crippen molar-refractivity contribution in [2.24, 2.45) is 5.92 Å². The number of hydrogen-bond donors (Lipinski definition) is 2. The number of nitrogens with zero attached hydrogens (tertiary/aromatic N) is 1. The third-order valence-corrected chi connectivity index (χ3v) is 3.60. The molecule has 0 radical (unpaired) electrons. The summed E-state index contributed by atoms with van der Waals surface area (Å²) in [6.07, 6.45) is 7.17. The molecule has 2 unspecified atom stereocenters. The molecule has 1 fully saturated rings. The summed E-state index contributed by atoms with van der Waals surface area (Å²) in [5.74, 6) is 0.358. The summed E-state index contributed by atoms with van der Waals surface area (Å²) in [5.41, 5.74) is 6.98. The highest BCUT2D eigenvalue weighted by Gasteiger charge is 2.38. The average molecular weight is 206 g/mol. The summed E-state index contributed by atoms with van der Waals surface area (Å²) < 4.78 is 0. The number of rotatable bonds is 2. The fraction of sp³-hybridized carbons (Fsp3) is 0.583. The lowest BCUT2D eigenvalue weighted by Crippen LogP contribution is -2.34. The fourth-order valence-electron chi connectivity index (χ4n) is 2.41. The van der Waals surface area contributed by atoms with Gasteiger partial charge in [-0.2, -0.15) is 0 Å². The van der Waals surface area contributed by atoms with E-state index in [0.29, 0.717) is 12.3 Å². The van der Waals surface area contributed by atoms with E-state index < -0.39 is 5.60 Å². The van der Waals surface area contributed by atoms with E-state index in [4.69, 9.17) is 5.73 Å². The van der Waals surface area contributed by atoms with Gasteiger partial charge in [0.25, 0.3) is 0 Å². The van der Waals surface area contributed by atoms with Crippen LogP contribution in [0, 0.1) is 5.92 Å². The van der Waals surface area contributed by atoms with Gasteiger partial charge >= 0.3 is 0 Å². The number of nitrogens with two attached hydrogens (primary N) is 1. The molecule has 1 heterocycles. The standard InChI is InChI=1S/C12H18N2O/c1-9-3-2-5-12(9,15)7-10-8-14-6-4-11(10)13/h4,6,8-9,15H,2-3,5,7H2,1H3,(H2,13,14). The van der Waals surface area contributed by atoms with Gasteiger partial charge in [0.05, 0.1) is 5.60 Å². The molecule has 82 valence electrons. The normalized spacial score (nSPS) is 30.7. The van der Waals surface area contributed by atoms with E-state index >= 15 is 0 Å². The smallest absolute Gasteiger partial charge is 0.0714 e. The van der Waals surface area contributed by atoms with Crippen LogP contribution in [0.2, 0.25) is 0 Å². The van der Waals surface area contributed by atoms with Crippen LogP contribution in [0.4, 0.5) is 5.69 Å². The SMILES string of the molecule is CC1CCCC1(O)Cc1cnccc1N. The second-order valence-electron chi connectivity index (χ2n) is 4.65. The summed E-state index contributed by atoms with van der Waals surface area (Å²) >= 11 is 0. The number of aliphatic hydroxyl groups is 1. The van der Waals surface area contributed by atoms with E-state index in [0.717, 1.165) is 30.5 Å². The minimum absolute atomic E-state index is 0.358.